The van der Waals surface area contributed by atoms with Crippen molar-refractivity contribution in [2.45, 2.75) is 32.2 Å². The summed E-state index contributed by atoms with van der Waals surface area (Å²) in [6.45, 7) is 2.32. The van der Waals surface area contributed by atoms with E-state index in [-0.39, 0.29) is 5.56 Å². The van der Waals surface area contributed by atoms with E-state index in [0.717, 1.165) is 29.3 Å². The molecule has 3 rings (SSSR count). The molecule has 3 aromatic rings. The fourth-order valence-corrected chi connectivity index (χ4v) is 2.97. The number of hydrogen-bond donors (Lipinski definition) is 2. The second kappa shape index (κ2) is 9.17. The Kier molecular flexibility index (Phi) is 6.42. The third kappa shape index (κ3) is 4.76. The normalized spacial score (nSPS) is 11.9. The molecule has 2 N–H and O–H groups in total. The predicted octanol–water partition coefficient (Wildman–Crippen LogP) is 3.99. The maximum atomic E-state index is 13.1. The summed E-state index contributed by atoms with van der Waals surface area (Å²) >= 11 is 0. The summed E-state index contributed by atoms with van der Waals surface area (Å²) < 4.78 is 18.4. The molecule has 0 saturated heterocycles. The van der Waals surface area contributed by atoms with Crippen molar-refractivity contribution < 1.29 is 18.7 Å². The lowest BCUT2D eigenvalue weighted by Gasteiger charge is -2.18. The second-order valence-electron chi connectivity index (χ2n) is 6.62. The van der Waals surface area contributed by atoms with Gasteiger partial charge in [0, 0.05) is 29.1 Å². The van der Waals surface area contributed by atoms with E-state index in [9.17, 15) is 14.0 Å². The summed E-state index contributed by atoms with van der Waals surface area (Å²) in [5.74, 6) is -1.35. The number of benzene rings is 2. The number of aromatic amines is 1. The van der Waals surface area contributed by atoms with Crippen LogP contribution < -0.4 is 5.32 Å². The Morgan fingerprint density at radius 2 is 1.89 bits per heavy atom. The molecule has 1 heterocycles. The van der Waals surface area contributed by atoms with Gasteiger partial charge < -0.3 is 15.0 Å². The lowest BCUT2D eigenvalue weighted by Crippen LogP contribution is -2.43. The number of H-pyrrole nitrogens is 1. The van der Waals surface area contributed by atoms with Gasteiger partial charge in [-0.3, -0.25) is 4.79 Å². The number of amides is 1. The number of rotatable bonds is 8. The van der Waals surface area contributed by atoms with Crippen molar-refractivity contribution in [2.75, 3.05) is 6.61 Å². The van der Waals surface area contributed by atoms with Gasteiger partial charge in [-0.05, 0) is 42.3 Å². The topological polar surface area (TPSA) is 71.2 Å². The van der Waals surface area contributed by atoms with Crippen molar-refractivity contribution in [3.05, 3.63) is 71.7 Å². The van der Waals surface area contributed by atoms with Gasteiger partial charge in [0.05, 0.1) is 6.61 Å². The number of carbonyl (C=O) groups is 2. The highest BCUT2D eigenvalue weighted by Gasteiger charge is 2.24. The van der Waals surface area contributed by atoms with Crippen LogP contribution in [0.3, 0.4) is 0 Å². The van der Waals surface area contributed by atoms with Gasteiger partial charge in [0.15, 0.2) is 0 Å². The minimum Gasteiger partial charge on any atom is -0.464 e. The van der Waals surface area contributed by atoms with Crippen LogP contribution in [0.4, 0.5) is 4.39 Å². The maximum Gasteiger partial charge on any atom is 0.328 e. The molecular weight excluding hydrogens is 359 g/mol. The summed E-state index contributed by atoms with van der Waals surface area (Å²) in [6.07, 6.45) is 3.79. The van der Waals surface area contributed by atoms with Crippen LogP contribution in [0.5, 0.6) is 0 Å². The van der Waals surface area contributed by atoms with Crippen molar-refractivity contribution in [1.82, 2.24) is 10.3 Å². The Bertz CT molecular complexity index is 950. The highest BCUT2D eigenvalue weighted by Crippen LogP contribution is 2.19. The van der Waals surface area contributed by atoms with Crippen molar-refractivity contribution in [1.29, 1.82) is 0 Å². The van der Waals surface area contributed by atoms with E-state index < -0.39 is 23.7 Å². The van der Waals surface area contributed by atoms with Gasteiger partial charge in [0.2, 0.25) is 0 Å². The van der Waals surface area contributed by atoms with Crippen LogP contribution >= 0.6 is 0 Å². The lowest BCUT2D eigenvalue weighted by atomic mass is 10.0. The Hall–Kier alpha value is -3.15. The van der Waals surface area contributed by atoms with E-state index in [4.69, 9.17) is 4.74 Å². The molecule has 28 heavy (non-hydrogen) atoms. The number of fused-ring (bicyclic) bond motifs is 1. The highest BCUT2D eigenvalue weighted by atomic mass is 19.1. The minimum atomic E-state index is -0.839. The summed E-state index contributed by atoms with van der Waals surface area (Å²) in [7, 11) is 0. The van der Waals surface area contributed by atoms with Crippen molar-refractivity contribution in [3.8, 4) is 0 Å². The molecule has 6 heteroatoms. The molecule has 1 amide bonds. The SMILES string of the molecule is CCCCOC(=O)[C@@H](Cc1c[nH]c2ccccc12)NC(=O)c1ccc(F)cc1. The third-order valence-corrected chi connectivity index (χ3v) is 4.54. The average Bonchev–Trinajstić information content (AvgIpc) is 3.11. The number of para-hydroxylation sites is 1. The summed E-state index contributed by atoms with van der Waals surface area (Å²) in [5.41, 5.74) is 2.15. The number of carbonyl (C=O) groups excluding carboxylic acids is 2. The average molecular weight is 382 g/mol. The molecule has 0 aliphatic carbocycles. The molecule has 0 unspecified atom stereocenters. The highest BCUT2D eigenvalue weighted by molar-refractivity contribution is 5.97. The number of hydrogen-bond acceptors (Lipinski definition) is 3. The fraction of sp³-hybridized carbons (Fsp3) is 0.273. The van der Waals surface area contributed by atoms with Crippen molar-refractivity contribution >= 4 is 22.8 Å². The van der Waals surface area contributed by atoms with Crippen LogP contribution in [0.2, 0.25) is 0 Å². The molecule has 5 nitrogen and oxygen atoms in total. The van der Waals surface area contributed by atoms with E-state index in [1.54, 1.807) is 0 Å². The first-order valence-corrected chi connectivity index (χ1v) is 9.36. The first kappa shape index (κ1) is 19.6. The van der Waals surface area contributed by atoms with Crippen LogP contribution in [0.25, 0.3) is 10.9 Å². The van der Waals surface area contributed by atoms with Gasteiger partial charge in [0.25, 0.3) is 5.91 Å². The van der Waals surface area contributed by atoms with Gasteiger partial charge in [-0.25, -0.2) is 9.18 Å². The van der Waals surface area contributed by atoms with Crippen LogP contribution in [0, 0.1) is 5.82 Å². The smallest absolute Gasteiger partial charge is 0.328 e. The predicted molar refractivity (Wildman–Crippen MR) is 106 cm³/mol. The molecular formula is C22H23FN2O3. The van der Waals surface area contributed by atoms with Crippen LogP contribution in [0.15, 0.2) is 54.7 Å². The lowest BCUT2D eigenvalue weighted by molar-refractivity contribution is -0.146. The first-order chi connectivity index (χ1) is 13.6. The Morgan fingerprint density at radius 1 is 1.14 bits per heavy atom. The van der Waals surface area contributed by atoms with Gasteiger partial charge in [-0.1, -0.05) is 31.5 Å². The minimum absolute atomic E-state index is 0.284. The van der Waals surface area contributed by atoms with Gasteiger partial charge in [-0.15, -0.1) is 0 Å². The summed E-state index contributed by atoms with van der Waals surface area (Å²) in [6, 6.07) is 12.1. The number of unbranched alkanes of at least 4 members (excludes halogenated alkanes) is 1. The molecule has 0 radical (unpaired) electrons. The van der Waals surface area contributed by atoms with Gasteiger partial charge >= 0.3 is 5.97 Å². The Balaban J connectivity index is 1.79. The van der Waals surface area contributed by atoms with E-state index in [1.165, 1.54) is 24.3 Å². The number of aromatic nitrogens is 1. The van der Waals surface area contributed by atoms with Crippen LogP contribution in [-0.2, 0) is 16.0 Å². The zero-order valence-corrected chi connectivity index (χ0v) is 15.7. The molecule has 0 saturated carbocycles. The molecule has 0 bridgehead atoms. The molecule has 1 aromatic heterocycles. The van der Waals surface area contributed by atoms with E-state index in [0.29, 0.717) is 13.0 Å². The zero-order chi connectivity index (χ0) is 19.9. The number of nitrogens with one attached hydrogen (secondary N) is 2. The molecule has 0 aliphatic rings. The summed E-state index contributed by atoms with van der Waals surface area (Å²) in [4.78, 5) is 28.3. The zero-order valence-electron chi connectivity index (χ0n) is 15.7. The van der Waals surface area contributed by atoms with E-state index in [1.807, 2.05) is 37.4 Å². The number of ether oxygens (including phenoxy) is 1. The molecule has 0 spiro atoms. The maximum absolute atomic E-state index is 13.1. The van der Waals surface area contributed by atoms with Gasteiger partial charge in [0.1, 0.15) is 11.9 Å². The molecule has 146 valence electrons. The molecule has 1 atom stereocenters. The second-order valence-corrected chi connectivity index (χ2v) is 6.62. The quantitative estimate of drug-likeness (QED) is 0.457. The Morgan fingerprint density at radius 3 is 2.64 bits per heavy atom. The third-order valence-electron chi connectivity index (χ3n) is 4.54. The molecule has 0 fully saturated rings. The largest absolute Gasteiger partial charge is 0.464 e. The summed E-state index contributed by atoms with van der Waals surface area (Å²) in [5, 5.41) is 3.72. The monoisotopic (exact) mass is 382 g/mol. The van der Waals surface area contributed by atoms with E-state index >= 15 is 0 Å². The number of esters is 1. The molecule has 2 aromatic carbocycles. The first-order valence-electron chi connectivity index (χ1n) is 9.36. The van der Waals surface area contributed by atoms with Crippen molar-refractivity contribution in [2.24, 2.45) is 0 Å². The fourth-order valence-electron chi connectivity index (χ4n) is 2.97. The standard InChI is InChI=1S/C22H23FN2O3/c1-2-3-12-28-22(27)20(25-21(26)15-8-10-17(23)11-9-15)13-16-14-24-19-7-5-4-6-18(16)19/h4-11,14,20,24H,2-3,12-13H2,1H3,(H,25,26)/t20-/m1/s1. The van der Waals surface area contributed by atoms with Crippen LogP contribution in [-0.4, -0.2) is 29.5 Å². The molecule has 0 aliphatic heterocycles. The van der Waals surface area contributed by atoms with Crippen LogP contribution in [0.1, 0.15) is 35.7 Å². The van der Waals surface area contributed by atoms with Crippen molar-refractivity contribution in [3.63, 3.8) is 0 Å². The van der Waals surface area contributed by atoms with E-state index in [2.05, 4.69) is 10.3 Å². The Labute approximate surface area is 162 Å². The van der Waals surface area contributed by atoms with Gasteiger partial charge in [-0.2, -0.15) is 0 Å². The number of halogens is 1.